The molecule has 0 aliphatic heterocycles. The number of methoxy groups -OCH3 is 1. The molecule has 0 spiro atoms. The first kappa shape index (κ1) is 18.0. The lowest BCUT2D eigenvalue weighted by molar-refractivity contribution is -0.348. The van der Waals surface area contributed by atoms with Crippen LogP contribution in [0, 0.1) is 0 Å². The summed E-state index contributed by atoms with van der Waals surface area (Å²) >= 11 is 5.69. The molecule has 0 aliphatic rings. The zero-order valence-electron chi connectivity index (χ0n) is 10.5. The Labute approximate surface area is 120 Å². The van der Waals surface area contributed by atoms with Crippen LogP contribution in [0.4, 0.5) is 30.7 Å². The molecule has 0 saturated carbocycles. The van der Waals surface area contributed by atoms with Crippen molar-refractivity contribution in [1.29, 1.82) is 0 Å². The van der Waals surface area contributed by atoms with Crippen molar-refractivity contribution in [3.05, 3.63) is 34.9 Å². The average Bonchev–Trinajstić information content (AvgIpc) is 2.34. The van der Waals surface area contributed by atoms with E-state index in [1.807, 2.05) is 0 Å². The molecular weight excluding hydrogens is 329 g/mol. The first-order chi connectivity index (χ1) is 9.44. The summed E-state index contributed by atoms with van der Waals surface area (Å²) in [6, 6.07) is 5.19. The summed E-state index contributed by atoms with van der Waals surface area (Å²) in [7, 11) is 0.876. The van der Waals surface area contributed by atoms with E-state index >= 15 is 0 Å². The van der Waals surface area contributed by atoms with Crippen molar-refractivity contribution in [2.24, 2.45) is 0 Å². The molecule has 0 aromatic heterocycles. The highest BCUT2D eigenvalue weighted by Gasteiger charge is 2.72. The average molecular weight is 339 g/mol. The second-order valence-electron chi connectivity index (χ2n) is 4.25. The zero-order chi connectivity index (χ0) is 16.5. The van der Waals surface area contributed by atoms with Crippen LogP contribution in [0.15, 0.2) is 24.3 Å². The van der Waals surface area contributed by atoms with Crippen LogP contribution in [0.5, 0.6) is 0 Å². The van der Waals surface area contributed by atoms with Gasteiger partial charge in [0.05, 0.1) is 6.10 Å². The highest BCUT2D eigenvalue weighted by molar-refractivity contribution is 6.31. The van der Waals surface area contributed by atoms with Crippen molar-refractivity contribution < 1.29 is 35.5 Å². The minimum atomic E-state index is -6.12. The molecular formula is C12H10ClF7O. The molecule has 0 saturated heterocycles. The maximum Gasteiger partial charge on any atom is 0.431 e. The highest BCUT2D eigenvalue weighted by atomic mass is 35.5. The van der Waals surface area contributed by atoms with Crippen LogP contribution >= 0.6 is 11.6 Å². The van der Waals surface area contributed by atoms with Crippen molar-refractivity contribution >= 4 is 11.6 Å². The van der Waals surface area contributed by atoms with Crippen LogP contribution in [-0.2, 0) is 4.74 Å². The molecule has 1 rings (SSSR count). The van der Waals surface area contributed by atoms with Gasteiger partial charge in [-0.3, -0.25) is 0 Å². The van der Waals surface area contributed by atoms with E-state index in [2.05, 4.69) is 4.74 Å². The maximum atomic E-state index is 13.7. The van der Waals surface area contributed by atoms with Crippen LogP contribution < -0.4 is 0 Å². The van der Waals surface area contributed by atoms with Crippen LogP contribution in [0.1, 0.15) is 18.1 Å². The van der Waals surface area contributed by atoms with E-state index in [4.69, 9.17) is 11.6 Å². The molecule has 1 atom stereocenters. The van der Waals surface area contributed by atoms with Crippen molar-refractivity contribution in [1.82, 2.24) is 0 Å². The summed E-state index contributed by atoms with van der Waals surface area (Å²) in [6.45, 7) is 0. The molecule has 0 amide bonds. The number of hydrogen-bond donors (Lipinski definition) is 0. The van der Waals surface area contributed by atoms with Gasteiger partial charge in [0.2, 0.25) is 0 Å². The van der Waals surface area contributed by atoms with Gasteiger partial charge in [0, 0.05) is 18.6 Å². The first-order valence-corrected chi connectivity index (χ1v) is 5.91. The smallest absolute Gasteiger partial charge is 0.377 e. The third-order valence-corrected chi connectivity index (χ3v) is 3.25. The number of rotatable bonds is 4. The van der Waals surface area contributed by atoms with Gasteiger partial charge in [-0.2, -0.15) is 26.3 Å². The van der Waals surface area contributed by atoms with E-state index in [0.717, 1.165) is 7.11 Å². The second-order valence-corrected chi connectivity index (χ2v) is 4.65. The van der Waals surface area contributed by atoms with Crippen molar-refractivity contribution in [3.8, 4) is 0 Å². The van der Waals surface area contributed by atoms with Crippen LogP contribution in [0.2, 0.25) is 5.02 Å². The van der Waals surface area contributed by atoms with Crippen LogP contribution in [-0.4, -0.2) is 25.1 Å². The SMILES string of the molecule is COC(CC(F)(C(F)(F)F)C(F)(F)F)c1ccccc1Cl. The molecule has 0 aliphatic carbocycles. The fourth-order valence-corrected chi connectivity index (χ4v) is 1.96. The molecule has 0 heterocycles. The maximum absolute atomic E-state index is 13.7. The first-order valence-electron chi connectivity index (χ1n) is 5.53. The fraction of sp³-hybridized carbons (Fsp3) is 0.500. The Balaban J connectivity index is 3.22. The van der Waals surface area contributed by atoms with Crippen molar-refractivity contribution in [2.45, 2.75) is 30.5 Å². The van der Waals surface area contributed by atoms with Crippen LogP contribution in [0.25, 0.3) is 0 Å². The molecule has 1 unspecified atom stereocenters. The van der Waals surface area contributed by atoms with Gasteiger partial charge in [-0.1, -0.05) is 29.8 Å². The molecule has 1 aromatic carbocycles. The number of ether oxygens (including phenoxy) is 1. The summed E-state index contributed by atoms with van der Waals surface area (Å²) < 4.78 is 93.4. The van der Waals surface area contributed by atoms with Gasteiger partial charge in [0.1, 0.15) is 0 Å². The van der Waals surface area contributed by atoms with Gasteiger partial charge in [-0.05, 0) is 11.6 Å². The van der Waals surface area contributed by atoms with E-state index in [-0.39, 0.29) is 10.6 Å². The van der Waals surface area contributed by atoms with Gasteiger partial charge in [-0.25, -0.2) is 4.39 Å². The Bertz CT molecular complexity index is 469. The number of benzene rings is 1. The van der Waals surface area contributed by atoms with Crippen molar-refractivity contribution in [3.63, 3.8) is 0 Å². The molecule has 1 nitrogen and oxygen atoms in total. The largest absolute Gasteiger partial charge is 0.431 e. The van der Waals surface area contributed by atoms with E-state index in [9.17, 15) is 30.7 Å². The summed E-state index contributed by atoms with van der Waals surface area (Å²) in [5.41, 5.74) is -5.54. The zero-order valence-corrected chi connectivity index (χ0v) is 11.3. The Morgan fingerprint density at radius 1 is 1.00 bits per heavy atom. The molecule has 21 heavy (non-hydrogen) atoms. The van der Waals surface area contributed by atoms with Crippen molar-refractivity contribution in [2.75, 3.05) is 7.11 Å². The lowest BCUT2D eigenvalue weighted by atomic mass is 9.92. The predicted octanol–water partition coefficient (Wildman–Crippen LogP) is 5.25. The summed E-state index contributed by atoms with van der Waals surface area (Å²) in [5, 5.41) is -0.115. The molecule has 0 N–H and O–H groups in total. The lowest BCUT2D eigenvalue weighted by Crippen LogP contribution is -2.54. The molecule has 0 radical (unpaired) electrons. The van der Waals surface area contributed by atoms with E-state index < -0.39 is 30.5 Å². The predicted molar refractivity (Wildman–Crippen MR) is 61.8 cm³/mol. The minimum Gasteiger partial charge on any atom is -0.377 e. The van der Waals surface area contributed by atoms with E-state index in [1.165, 1.54) is 24.3 Å². The quantitative estimate of drug-likeness (QED) is 0.681. The molecule has 0 bridgehead atoms. The molecule has 9 heteroatoms. The summed E-state index contributed by atoms with van der Waals surface area (Å²) in [6.07, 6.45) is -16.0. The van der Waals surface area contributed by atoms with Gasteiger partial charge >= 0.3 is 18.0 Å². The van der Waals surface area contributed by atoms with Gasteiger partial charge in [0.25, 0.3) is 0 Å². The topological polar surface area (TPSA) is 9.23 Å². The minimum absolute atomic E-state index is 0.115. The normalized spacial score (nSPS) is 15.1. The van der Waals surface area contributed by atoms with E-state index in [0.29, 0.717) is 0 Å². The lowest BCUT2D eigenvalue weighted by Gasteiger charge is -2.32. The molecule has 120 valence electrons. The molecule has 1 aromatic rings. The van der Waals surface area contributed by atoms with E-state index in [1.54, 1.807) is 0 Å². The van der Waals surface area contributed by atoms with Gasteiger partial charge < -0.3 is 4.74 Å². The standard InChI is InChI=1S/C12H10ClF7O/c1-21-9(7-4-2-3-5-8(7)13)6-10(14,11(15,16)17)12(18,19)20/h2-5,9H,6H2,1H3. The fourth-order valence-electron chi connectivity index (χ4n) is 1.70. The third kappa shape index (κ3) is 3.60. The number of halogens is 8. The summed E-state index contributed by atoms with van der Waals surface area (Å²) in [4.78, 5) is 0. The van der Waals surface area contributed by atoms with Gasteiger partial charge in [0.15, 0.2) is 0 Å². The highest BCUT2D eigenvalue weighted by Crippen LogP contribution is 2.51. The van der Waals surface area contributed by atoms with Gasteiger partial charge in [-0.15, -0.1) is 0 Å². The Morgan fingerprint density at radius 3 is 1.86 bits per heavy atom. The summed E-state index contributed by atoms with van der Waals surface area (Å²) in [5.74, 6) is 0. The third-order valence-electron chi connectivity index (χ3n) is 2.90. The Kier molecular flexibility index (Phi) is 5.15. The molecule has 0 fully saturated rings. The second kappa shape index (κ2) is 6.00. The Hall–Kier alpha value is -1.02. The number of alkyl halides is 7. The number of hydrogen-bond acceptors (Lipinski definition) is 1. The monoisotopic (exact) mass is 338 g/mol. The Morgan fingerprint density at radius 2 is 1.48 bits per heavy atom. The van der Waals surface area contributed by atoms with Crippen LogP contribution in [0.3, 0.4) is 0 Å².